The predicted octanol–water partition coefficient (Wildman–Crippen LogP) is 2.59. The second-order valence-electron chi connectivity index (χ2n) is 7.98. The molecule has 29 heavy (non-hydrogen) atoms. The third-order valence-corrected chi connectivity index (χ3v) is 6.07. The van der Waals surface area contributed by atoms with Crippen LogP contribution in [0.25, 0.3) is 0 Å². The zero-order valence-electron chi connectivity index (χ0n) is 15.9. The molecular formula is C19H21F3N4O3. The van der Waals surface area contributed by atoms with E-state index in [1.165, 1.54) is 17.9 Å². The number of fused-ring (bicyclic) bond motifs is 1. The Morgan fingerprint density at radius 1 is 1.31 bits per heavy atom. The number of hydrogen-bond donors (Lipinski definition) is 3. The van der Waals surface area contributed by atoms with Gasteiger partial charge in [0.2, 0.25) is 0 Å². The van der Waals surface area contributed by atoms with Gasteiger partial charge in [-0.1, -0.05) is 6.07 Å². The molecule has 3 N–H and O–H groups in total. The number of halogens is 3. The number of carbonyl (C=O) groups is 3. The lowest BCUT2D eigenvalue weighted by Crippen LogP contribution is -2.58. The number of hydrogen-bond acceptors (Lipinski definition) is 3. The van der Waals surface area contributed by atoms with Crippen molar-refractivity contribution in [2.24, 2.45) is 5.92 Å². The minimum Gasteiger partial charge on any atom is -0.335 e. The van der Waals surface area contributed by atoms with E-state index < -0.39 is 41.3 Å². The summed E-state index contributed by atoms with van der Waals surface area (Å²) in [5.74, 6) is -0.507. The largest absolute Gasteiger partial charge is 0.416 e. The molecule has 2 heterocycles. The summed E-state index contributed by atoms with van der Waals surface area (Å²) in [4.78, 5) is 38.1. The van der Waals surface area contributed by atoms with Crippen molar-refractivity contribution in [3.05, 3.63) is 34.4 Å². The third-order valence-electron chi connectivity index (χ3n) is 6.07. The van der Waals surface area contributed by atoms with Crippen LogP contribution in [-0.4, -0.2) is 35.0 Å². The molecule has 0 bridgehead atoms. The smallest absolute Gasteiger partial charge is 0.335 e. The highest BCUT2D eigenvalue weighted by Gasteiger charge is 2.56. The molecule has 1 saturated heterocycles. The molecule has 5 amide bonds. The predicted molar refractivity (Wildman–Crippen MR) is 95.7 cm³/mol. The number of amides is 5. The molecule has 3 aliphatic rings. The van der Waals surface area contributed by atoms with Crippen LogP contribution in [0.5, 0.6) is 0 Å². The first kappa shape index (κ1) is 19.5. The maximum absolute atomic E-state index is 13.2. The molecule has 0 radical (unpaired) electrons. The topological polar surface area (TPSA) is 90.5 Å². The molecule has 156 valence electrons. The number of alkyl halides is 3. The third kappa shape index (κ3) is 3.20. The van der Waals surface area contributed by atoms with Crippen LogP contribution >= 0.6 is 0 Å². The lowest BCUT2D eigenvalue weighted by molar-refractivity contribution is -0.138. The highest BCUT2D eigenvalue weighted by atomic mass is 19.4. The Morgan fingerprint density at radius 2 is 2.00 bits per heavy atom. The lowest BCUT2D eigenvalue weighted by Gasteiger charge is -2.29. The SMILES string of the molecule is Cc1cc2c(cc1C(F)(F)F)C(C)N(C(=O)NC[C@@]1(C3CC3)NC(=O)NC1=O)C2. The van der Waals surface area contributed by atoms with Crippen molar-refractivity contribution in [2.45, 2.75) is 51.0 Å². The fraction of sp³-hybridized carbons (Fsp3) is 0.526. The van der Waals surface area contributed by atoms with E-state index in [0.29, 0.717) is 11.1 Å². The van der Waals surface area contributed by atoms with Crippen molar-refractivity contribution in [3.63, 3.8) is 0 Å². The van der Waals surface area contributed by atoms with Gasteiger partial charge in [-0.25, -0.2) is 9.59 Å². The minimum absolute atomic E-state index is 0.0422. The van der Waals surface area contributed by atoms with Gasteiger partial charge in [-0.3, -0.25) is 10.1 Å². The molecule has 1 aliphatic carbocycles. The van der Waals surface area contributed by atoms with E-state index in [0.717, 1.165) is 18.9 Å². The van der Waals surface area contributed by atoms with Crippen molar-refractivity contribution >= 4 is 18.0 Å². The molecule has 1 saturated carbocycles. The van der Waals surface area contributed by atoms with Crippen LogP contribution in [0.15, 0.2) is 12.1 Å². The molecular weight excluding hydrogens is 389 g/mol. The first-order chi connectivity index (χ1) is 13.5. The molecule has 2 aliphatic heterocycles. The van der Waals surface area contributed by atoms with E-state index in [1.807, 2.05) is 0 Å². The first-order valence-electron chi connectivity index (χ1n) is 9.41. The highest BCUT2D eigenvalue weighted by molar-refractivity contribution is 6.07. The second-order valence-corrected chi connectivity index (χ2v) is 7.98. The number of benzene rings is 1. The summed E-state index contributed by atoms with van der Waals surface area (Å²) in [6, 6.07) is 0.953. The van der Waals surface area contributed by atoms with Gasteiger partial charge in [0.25, 0.3) is 5.91 Å². The van der Waals surface area contributed by atoms with Crippen molar-refractivity contribution in [2.75, 3.05) is 6.54 Å². The maximum Gasteiger partial charge on any atom is 0.416 e. The fourth-order valence-electron chi connectivity index (χ4n) is 4.31. The van der Waals surface area contributed by atoms with Crippen molar-refractivity contribution in [3.8, 4) is 0 Å². The number of aryl methyl sites for hydroxylation is 1. The van der Waals surface area contributed by atoms with Crippen LogP contribution in [0, 0.1) is 12.8 Å². The quantitative estimate of drug-likeness (QED) is 0.669. The number of nitrogens with zero attached hydrogens (tertiary/aromatic N) is 1. The normalized spacial score (nSPS) is 26.2. The van der Waals surface area contributed by atoms with Crippen LogP contribution in [0.2, 0.25) is 0 Å². The molecule has 1 aromatic carbocycles. The van der Waals surface area contributed by atoms with Gasteiger partial charge in [-0.2, -0.15) is 13.2 Å². The van der Waals surface area contributed by atoms with Gasteiger partial charge < -0.3 is 15.5 Å². The summed E-state index contributed by atoms with van der Waals surface area (Å²) in [5, 5.41) is 7.53. The van der Waals surface area contributed by atoms with Crippen molar-refractivity contribution < 1.29 is 27.6 Å². The van der Waals surface area contributed by atoms with Crippen LogP contribution in [-0.2, 0) is 17.5 Å². The van der Waals surface area contributed by atoms with E-state index in [4.69, 9.17) is 0 Å². The standard InChI is InChI=1S/C19H21F3N4O3/c1-9-5-11-7-26(10(2)13(11)6-14(9)19(20,21)22)17(29)23-8-18(12-3-4-12)15(27)24-16(28)25-18/h5-6,10,12H,3-4,7-8H2,1-2H3,(H,23,29)(H2,24,25,27,28)/t10?,18-/m0/s1. The number of imide groups is 1. The van der Waals surface area contributed by atoms with E-state index in [9.17, 15) is 27.6 Å². The van der Waals surface area contributed by atoms with Gasteiger partial charge in [0, 0.05) is 6.54 Å². The zero-order valence-corrected chi connectivity index (χ0v) is 15.9. The van der Waals surface area contributed by atoms with Crippen molar-refractivity contribution in [1.82, 2.24) is 20.9 Å². The molecule has 4 rings (SSSR count). The fourth-order valence-corrected chi connectivity index (χ4v) is 4.31. The number of rotatable bonds is 3. The molecule has 7 nitrogen and oxygen atoms in total. The Balaban J connectivity index is 1.50. The van der Waals surface area contributed by atoms with Gasteiger partial charge in [0.15, 0.2) is 0 Å². The summed E-state index contributed by atoms with van der Waals surface area (Å²) in [5.41, 5.74) is -0.626. The Morgan fingerprint density at radius 3 is 2.55 bits per heavy atom. The van der Waals surface area contributed by atoms with E-state index >= 15 is 0 Å². The summed E-state index contributed by atoms with van der Waals surface area (Å²) in [6.45, 7) is 3.18. The van der Waals surface area contributed by atoms with Gasteiger partial charge in [0.1, 0.15) is 5.54 Å². The van der Waals surface area contributed by atoms with E-state index in [2.05, 4.69) is 16.0 Å². The zero-order chi connectivity index (χ0) is 21.1. The highest BCUT2D eigenvalue weighted by Crippen LogP contribution is 2.42. The molecule has 0 aromatic heterocycles. The average Bonchev–Trinajstić information content (AvgIpc) is 3.36. The molecule has 1 aromatic rings. The Bertz CT molecular complexity index is 913. The molecule has 2 fully saturated rings. The number of nitrogens with one attached hydrogen (secondary N) is 3. The summed E-state index contributed by atoms with van der Waals surface area (Å²) < 4.78 is 39.7. The lowest BCUT2D eigenvalue weighted by atomic mass is 9.93. The molecule has 1 unspecified atom stereocenters. The Hall–Kier alpha value is -2.78. The summed E-state index contributed by atoms with van der Waals surface area (Å²) in [7, 11) is 0. The van der Waals surface area contributed by atoms with Gasteiger partial charge in [-0.05, 0) is 55.4 Å². The second kappa shape index (κ2) is 6.36. The summed E-state index contributed by atoms with van der Waals surface area (Å²) in [6.07, 6.45) is -2.91. The molecule has 2 atom stereocenters. The van der Waals surface area contributed by atoms with E-state index in [1.54, 1.807) is 6.92 Å². The maximum atomic E-state index is 13.2. The van der Waals surface area contributed by atoms with Crippen molar-refractivity contribution in [1.29, 1.82) is 0 Å². The Kier molecular flexibility index (Phi) is 4.29. The molecule has 10 heteroatoms. The average molecular weight is 410 g/mol. The Labute approximate surface area is 165 Å². The summed E-state index contributed by atoms with van der Waals surface area (Å²) >= 11 is 0. The molecule has 0 spiro atoms. The first-order valence-corrected chi connectivity index (χ1v) is 9.41. The number of carbonyl (C=O) groups excluding carboxylic acids is 3. The number of urea groups is 2. The van der Waals surface area contributed by atoms with Gasteiger partial charge >= 0.3 is 18.2 Å². The van der Waals surface area contributed by atoms with Crippen LogP contribution in [0.4, 0.5) is 22.8 Å². The van der Waals surface area contributed by atoms with Gasteiger partial charge in [-0.15, -0.1) is 0 Å². The van der Waals surface area contributed by atoms with E-state index in [-0.39, 0.29) is 24.6 Å². The minimum atomic E-state index is -4.46. The van der Waals surface area contributed by atoms with Crippen LogP contribution in [0.1, 0.15) is 48.1 Å². The van der Waals surface area contributed by atoms with Crippen LogP contribution in [0.3, 0.4) is 0 Å². The van der Waals surface area contributed by atoms with Crippen LogP contribution < -0.4 is 16.0 Å². The van der Waals surface area contributed by atoms with Gasteiger partial charge in [0.05, 0.1) is 18.2 Å². The monoisotopic (exact) mass is 410 g/mol.